The second kappa shape index (κ2) is 6.13. The molecule has 2 atom stereocenters. The maximum atomic E-state index is 12.7. The molecule has 0 aromatic heterocycles. The van der Waals surface area contributed by atoms with Crippen LogP contribution in [0.15, 0.2) is 24.3 Å². The van der Waals surface area contributed by atoms with E-state index in [1.54, 1.807) is 4.90 Å². The number of urea groups is 1. The van der Waals surface area contributed by atoms with Crippen molar-refractivity contribution in [1.29, 1.82) is 0 Å². The van der Waals surface area contributed by atoms with Crippen LogP contribution >= 0.6 is 0 Å². The van der Waals surface area contributed by atoms with Gasteiger partial charge < -0.3 is 15.1 Å². The van der Waals surface area contributed by atoms with E-state index in [-0.39, 0.29) is 19.0 Å². The zero-order chi connectivity index (χ0) is 15.6. The molecule has 0 radical (unpaired) electrons. The third-order valence-corrected chi connectivity index (χ3v) is 3.76. The smallest absolute Gasteiger partial charge is 0.326 e. The summed E-state index contributed by atoms with van der Waals surface area (Å²) in [6.45, 7) is 4.23. The molecule has 6 nitrogen and oxygen atoms in total. The summed E-state index contributed by atoms with van der Waals surface area (Å²) in [5.74, 6) is -1.08. The molecule has 1 aromatic carbocycles. The number of hydrogen-bond donors (Lipinski definition) is 2. The molecule has 114 valence electrons. The first-order valence-corrected chi connectivity index (χ1v) is 7.00. The number of likely N-dealkylation sites (tertiary alicyclic amines) is 1. The number of carboxylic acids is 1. The maximum absolute atomic E-state index is 12.7. The molecule has 2 amide bonds. The summed E-state index contributed by atoms with van der Waals surface area (Å²) in [5.41, 5.74) is 1.70. The summed E-state index contributed by atoms with van der Waals surface area (Å²) in [5, 5.41) is 18.9. The van der Waals surface area contributed by atoms with E-state index < -0.39 is 18.1 Å². The highest BCUT2D eigenvalue weighted by atomic mass is 16.4. The predicted octanol–water partition coefficient (Wildman–Crippen LogP) is 1.46. The van der Waals surface area contributed by atoms with Crippen LogP contribution in [0.25, 0.3) is 0 Å². The Labute approximate surface area is 123 Å². The van der Waals surface area contributed by atoms with Crippen LogP contribution in [-0.2, 0) is 4.79 Å². The van der Waals surface area contributed by atoms with Crippen LogP contribution in [-0.4, -0.2) is 52.3 Å². The van der Waals surface area contributed by atoms with Crippen LogP contribution in [0.2, 0.25) is 0 Å². The molecule has 6 heteroatoms. The minimum atomic E-state index is -1.08. The van der Waals surface area contributed by atoms with Crippen LogP contribution in [0.3, 0.4) is 0 Å². The summed E-state index contributed by atoms with van der Waals surface area (Å²) in [6, 6.07) is 6.11. The highest BCUT2D eigenvalue weighted by Gasteiger charge is 2.40. The summed E-state index contributed by atoms with van der Waals surface area (Å²) < 4.78 is 0. The summed E-state index contributed by atoms with van der Waals surface area (Å²) in [4.78, 5) is 26.7. The largest absolute Gasteiger partial charge is 0.480 e. The number of aryl methyl sites for hydroxylation is 1. The van der Waals surface area contributed by atoms with E-state index in [1.165, 1.54) is 4.90 Å². The van der Waals surface area contributed by atoms with Gasteiger partial charge >= 0.3 is 12.0 Å². The Morgan fingerprint density at radius 2 is 2.05 bits per heavy atom. The Hall–Kier alpha value is -2.08. The van der Waals surface area contributed by atoms with Crippen molar-refractivity contribution < 1.29 is 19.8 Å². The molecule has 1 aliphatic rings. The lowest BCUT2D eigenvalue weighted by molar-refractivity contribution is -0.141. The Kier molecular flexibility index (Phi) is 4.47. The van der Waals surface area contributed by atoms with Gasteiger partial charge in [-0.3, -0.25) is 4.90 Å². The summed E-state index contributed by atoms with van der Waals surface area (Å²) >= 11 is 0. The van der Waals surface area contributed by atoms with Gasteiger partial charge in [-0.25, -0.2) is 9.59 Å². The van der Waals surface area contributed by atoms with Gasteiger partial charge in [-0.05, 0) is 25.5 Å². The average molecular weight is 292 g/mol. The first-order chi connectivity index (χ1) is 9.95. The Balaban J connectivity index is 2.28. The molecule has 0 spiro atoms. The SMILES string of the molecule is CCN(C(=O)N1CC(O)C[C@H]1C(=O)O)c1ccccc1C. The second-order valence-corrected chi connectivity index (χ2v) is 5.21. The molecule has 1 saturated heterocycles. The molecule has 2 N–H and O–H groups in total. The quantitative estimate of drug-likeness (QED) is 0.883. The first kappa shape index (κ1) is 15.3. The number of aliphatic carboxylic acids is 1. The number of nitrogens with zero attached hydrogens (tertiary/aromatic N) is 2. The highest BCUT2D eigenvalue weighted by Crippen LogP contribution is 2.25. The van der Waals surface area contributed by atoms with E-state index in [0.717, 1.165) is 11.3 Å². The number of amides is 2. The van der Waals surface area contributed by atoms with Gasteiger partial charge in [-0.1, -0.05) is 18.2 Å². The molecule has 1 aliphatic heterocycles. The van der Waals surface area contributed by atoms with Gasteiger partial charge in [0.25, 0.3) is 0 Å². The molecular weight excluding hydrogens is 272 g/mol. The number of para-hydroxylation sites is 1. The number of rotatable bonds is 3. The van der Waals surface area contributed by atoms with Crippen molar-refractivity contribution in [1.82, 2.24) is 4.90 Å². The lowest BCUT2D eigenvalue weighted by atomic mass is 10.2. The topological polar surface area (TPSA) is 81.1 Å². The molecule has 1 unspecified atom stereocenters. The van der Waals surface area contributed by atoms with E-state index in [4.69, 9.17) is 0 Å². The van der Waals surface area contributed by atoms with Gasteiger partial charge in [-0.15, -0.1) is 0 Å². The zero-order valence-corrected chi connectivity index (χ0v) is 12.2. The van der Waals surface area contributed by atoms with Crippen molar-refractivity contribution in [2.75, 3.05) is 18.0 Å². The van der Waals surface area contributed by atoms with Gasteiger partial charge in [0.1, 0.15) is 6.04 Å². The summed E-state index contributed by atoms with van der Waals surface area (Å²) in [6.07, 6.45) is -0.711. The summed E-state index contributed by atoms with van der Waals surface area (Å²) in [7, 11) is 0. The van der Waals surface area contributed by atoms with E-state index in [1.807, 2.05) is 38.1 Å². The van der Waals surface area contributed by atoms with Gasteiger partial charge in [-0.2, -0.15) is 0 Å². The second-order valence-electron chi connectivity index (χ2n) is 5.21. The molecule has 0 aliphatic carbocycles. The lowest BCUT2D eigenvalue weighted by Gasteiger charge is -2.30. The van der Waals surface area contributed by atoms with Crippen molar-refractivity contribution in [3.05, 3.63) is 29.8 Å². The number of carboxylic acid groups (broad SMARTS) is 1. The monoisotopic (exact) mass is 292 g/mol. The van der Waals surface area contributed by atoms with Crippen LogP contribution in [0.1, 0.15) is 18.9 Å². The highest BCUT2D eigenvalue weighted by molar-refractivity contribution is 5.95. The van der Waals surface area contributed by atoms with Gasteiger partial charge in [0, 0.05) is 25.2 Å². The van der Waals surface area contributed by atoms with Crippen molar-refractivity contribution in [3.8, 4) is 0 Å². The number of β-amino-alcohol motifs (C(OH)–C–C–N with tert-alkyl or cyclic N) is 1. The standard InChI is InChI=1S/C15H20N2O4/c1-3-16(12-7-5-4-6-10(12)2)15(21)17-9-11(18)8-13(17)14(19)20/h4-7,11,13,18H,3,8-9H2,1-2H3,(H,19,20)/t11?,13-/m0/s1. The molecule has 1 heterocycles. The van der Waals surface area contributed by atoms with Crippen LogP contribution < -0.4 is 4.90 Å². The normalized spacial score (nSPS) is 21.4. The average Bonchev–Trinajstić information content (AvgIpc) is 2.84. The van der Waals surface area contributed by atoms with E-state index in [9.17, 15) is 19.8 Å². The zero-order valence-electron chi connectivity index (χ0n) is 12.2. The number of carbonyl (C=O) groups excluding carboxylic acids is 1. The van der Waals surface area contributed by atoms with E-state index in [2.05, 4.69) is 0 Å². The predicted molar refractivity (Wildman–Crippen MR) is 78.3 cm³/mol. The van der Waals surface area contributed by atoms with Crippen molar-refractivity contribution in [2.24, 2.45) is 0 Å². The number of aliphatic hydroxyl groups excluding tert-OH is 1. The third kappa shape index (κ3) is 3.00. The first-order valence-electron chi connectivity index (χ1n) is 7.00. The Bertz CT molecular complexity index is 546. The van der Waals surface area contributed by atoms with Gasteiger partial charge in [0.15, 0.2) is 0 Å². The molecular formula is C15H20N2O4. The van der Waals surface area contributed by atoms with E-state index >= 15 is 0 Å². The Morgan fingerprint density at radius 3 is 2.62 bits per heavy atom. The third-order valence-electron chi connectivity index (χ3n) is 3.76. The van der Waals surface area contributed by atoms with Gasteiger partial charge in [0.2, 0.25) is 0 Å². The number of anilines is 1. The molecule has 0 saturated carbocycles. The minimum Gasteiger partial charge on any atom is -0.480 e. The lowest BCUT2D eigenvalue weighted by Crippen LogP contribution is -2.48. The van der Waals surface area contributed by atoms with Crippen molar-refractivity contribution >= 4 is 17.7 Å². The molecule has 21 heavy (non-hydrogen) atoms. The maximum Gasteiger partial charge on any atom is 0.326 e. The number of carbonyl (C=O) groups is 2. The molecule has 1 aromatic rings. The van der Waals surface area contributed by atoms with E-state index in [0.29, 0.717) is 6.54 Å². The molecule has 2 rings (SSSR count). The van der Waals surface area contributed by atoms with Crippen molar-refractivity contribution in [2.45, 2.75) is 32.4 Å². The van der Waals surface area contributed by atoms with Crippen LogP contribution in [0, 0.1) is 6.92 Å². The fraction of sp³-hybridized carbons (Fsp3) is 0.467. The van der Waals surface area contributed by atoms with Crippen LogP contribution in [0.4, 0.5) is 10.5 Å². The molecule has 0 bridgehead atoms. The van der Waals surface area contributed by atoms with Crippen LogP contribution in [0.5, 0.6) is 0 Å². The number of hydrogen-bond acceptors (Lipinski definition) is 3. The minimum absolute atomic E-state index is 0.0538. The Morgan fingerprint density at radius 1 is 1.38 bits per heavy atom. The molecule has 1 fully saturated rings. The fourth-order valence-electron chi connectivity index (χ4n) is 2.69. The van der Waals surface area contributed by atoms with Gasteiger partial charge in [0.05, 0.1) is 6.10 Å². The van der Waals surface area contributed by atoms with Crippen molar-refractivity contribution in [3.63, 3.8) is 0 Å². The number of aliphatic hydroxyl groups is 1. The fourth-order valence-corrected chi connectivity index (χ4v) is 2.69. The number of benzene rings is 1.